The summed E-state index contributed by atoms with van der Waals surface area (Å²) in [6, 6.07) is 0. The molecular formula is C20H24N6O3. The Labute approximate surface area is 168 Å². The monoisotopic (exact) mass is 396 g/mol. The summed E-state index contributed by atoms with van der Waals surface area (Å²) in [5.74, 6) is 2.84. The number of likely N-dealkylation sites (N-methyl/N-ethyl adjacent to an activating group) is 1. The van der Waals surface area contributed by atoms with Crippen LogP contribution in [0.25, 0.3) is 22.6 Å². The zero-order valence-electron chi connectivity index (χ0n) is 16.3. The third-order valence-electron chi connectivity index (χ3n) is 6.65. The molecule has 152 valence electrons. The first kappa shape index (κ1) is 16.9. The second-order valence-electron chi connectivity index (χ2n) is 8.30. The van der Waals surface area contributed by atoms with Crippen molar-refractivity contribution < 1.29 is 15.5 Å². The number of H-pyrrole nitrogens is 1. The molecule has 1 spiro atoms. The second-order valence-corrected chi connectivity index (χ2v) is 8.30. The minimum Gasteiger partial charge on any atom is -0.474 e. The number of hydrogen-bond acceptors (Lipinski definition) is 8. The van der Waals surface area contributed by atoms with Gasteiger partial charge in [0.1, 0.15) is 23.6 Å². The number of ether oxygens (including phenoxy) is 1. The van der Waals surface area contributed by atoms with Crippen LogP contribution >= 0.6 is 0 Å². The molecule has 0 bridgehead atoms. The lowest BCUT2D eigenvalue weighted by molar-refractivity contribution is -0.128. The van der Waals surface area contributed by atoms with Crippen molar-refractivity contribution in [3.05, 3.63) is 11.3 Å². The summed E-state index contributed by atoms with van der Waals surface area (Å²) in [5.41, 5.74) is 1.75. The highest BCUT2D eigenvalue weighted by Gasteiger charge is 2.48. The van der Waals surface area contributed by atoms with Crippen LogP contribution in [0.15, 0.2) is 4.52 Å². The number of Topliss-reactive ketones (excluding diaryl/α,β-unsaturated/α-hetero) is 1. The van der Waals surface area contributed by atoms with Gasteiger partial charge in [-0.25, -0.2) is 9.97 Å². The summed E-state index contributed by atoms with van der Waals surface area (Å²) in [4.78, 5) is 24.4. The molecule has 1 fully saturated rings. The molecule has 0 saturated heterocycles. The maximum absolute atomic E-state index is 12.9. The highest BCUT2D eigenvalue weighted by molar-refractivity contribution is 5.94. The molecule has 1 atom stereocenters. The van der Waals surface area contributed by atoms with Crippen molar-refractivity contribution in [2.75, 3.05) is 25.1 Å². The lowest BCUT2D eigenvalue weighted by Gasteiger charge is -2.36. The number of hydrogen-bond donors (Lipinski definition) is 1. The number of aromatic amines is 1. The maximum atomic E-state index is 12.9. The van der Waals surface area contributed by atoms with Crippen LogP contribution in [-0.2, 0) is 16.6 Å². The van der Waals surface area contributed by atoms with Crippen LogP contribution in [0.3, 0.4) is 0 Å². The van der Waals surface area contributed by atoms with E-state index in [9.17, 15) is 4.79 Å². The van der Waals surface area contributed by atoms with Crippen LogP contribution in [0.1, 0.15) is 51.3 Å². The zero-order chi connectivity index (χ0) is 19.6. The average Bonchev–Trinajstić information content (AvgIpc) is 3.30. The number of fused-ring (bicyclic) bond motifs is 2. The van der Waals surface area contributed by atoms with Gasteiger partial charge in [0.05, 0.1) is 12.0 Å². The Balaban J connectivity index is 0.00000193. The highest BCUT2D eigenvalue weighted by atomic mass is 16.5. The van der Waals surface area contributed by atoms with E-state index in [-0.39, 0.29) is 1.43 Å². The first-order valence-corrected chi connectivity index (χ1v) is 10.3. The molecule has 9 nitrogen and oxygen atoms in total. The van der Waals surface area contributed by atoms with Crippen molar-refractivity contribution in [3.8, 4) is 17.4 Å². The number of ketones is 1. The summed E-state index contributed by atoms with van der Waals surface area (Å²) in [7, 11) is 1.98. The Morgan fingerprint density at radius 3 is 2.97 bits per heavy atom. The SMILES string of the molecule is CN1CCOc2n[nH]c3nc(-c4noc5c4CCC[C@@]54CCCCC4=O)nc1c23.[HH]. The molecule has 0 radical (unpaired) electrons. The van der Waals surface area contributed by atoms with Crippen molar-refractivity contribution in [2.45, 2.75) is 50.4 Å². The molecule has 4 heterocycles. The van der Waals surface area contributed by atoms with Gasteiger partial charge in [-0.05, 0) is 32.1 Å². The van der Waals surface area contributed by atoms with Crippen molar-refractivity contribution in [2.24, 2.45) is 0 Å². The largest absolute Gasteiger partial charge is 0.474 e. The first-order chi connectivity index (χ1) is 14.2. The number of carbonyl (C=O) groups excluding carboxylic acids is 1. The molecule has 29 heavy (non-hydrogen) atoms. The van der Waals surface area contributed by atoms with Gasteiger partial charge in [-0.15, -0.1) is 5.10 Å². The van der Waals surface area contributed by atoms with Crippen molar-refractivity contribution in [1.29, 1.82) is 0 Å². The molecule has 0 unspecified atom stereocenters. The molecule has 3 aliphatic rings. The molecule has 3 aromatic rings. The van der Waals surface area contributed by atoms with E-state index in [0.717, 1.165) is 61.1 Å². The lowest BCUT2D eigenvalue weighted by atomic mass is 9.64. The van der Waals surface area contributed by atoms with Crippen LogP contribution in [0, 0.1) is 0 Å². The van der Waals surface area contributed by atoms with Crippen molar-refractivity contribution in [3.63, 3.8) is 0 Å². The van der Waals surface area contributed by atoms with E-state index in [1.165, 1.54) is 0 Å². The van der Waals surface area contributed by atoms with Gasteiger partial charge in [-0.2, -0.15) is 0 Å². The van der Waals surface area contributed by atoms with Gasteiger partial charge in [-0.1, -0.05) is 11.6 Å². The summed E-state index contributed by atoms with van der Waals surface area (Å²) >= 11 is 0. The van der Waals surface area contributed by atoms with Gasteiger partial charge in [0.25, 0.3) is 0 Å². The Kier molecular flexibility index (Phi) is 3.51. The topological polar surface area (TPSA) is 110 Å². The van der Waals surface area contributed by atoms with E-state index in [1.807, 2.05) is 11.9 Å². The molecule has 9 heteroatoms. The predicted molar refractivity (Wildman–Crippen MR) is 106 cm³/mol. The van der Waals surface area contributed by atoms with Gasteiger partial charge < -0.3 is 14.2 Å². The summed E-state index contributed by atoms with van der Waals surface area (Å²) < 4.78 is 11.5. The van der Waals surface area contributed by atoms with E-state index < -0.39 is 5.41 Å². The fraction of sp³-hybridized carbons (Fsp3) is 0.550. The lowest BCUT2D eigenvalue weighted by Crippen LogP contribution is -2.41. The Bertz CT molecular complexity index is 1140. The summed E-state index contributed by atoms with van der Waals surface area (Å²) in [6.07, 6.45) is 6.12. The molecule has 0 amide bonds. The van der Waals surface area contributed by atoms with Gasteiger partial charge in [0, 0.05) is 20.5 Å². The molecule has 1 N–H and O–H groups in total. The second kappa shape index (κ2) is 6.01. The highest BCUT2D eigenvalue weighted by Crippen LogP contribution is 2.47. The molecule has 1 saturated carbocycles. The fourth-order valence-electron chi connectivity index (χ4n) is 5.13. The van der Waals surface area contributed by atoms with Gasteiger partial charge in [0.15, 0.2) is 22.9 Å². The van der Waals surface area contributed by atoms with E-state index in [1.54, 1.807) is 0 Å². The quantitative estimate of drug-likeness (QED) is 0.669. The van der Waals surface area contributed by atoms with Gasteiger partial charge in [0.2, 0.25) is 5.88 Å². The fourth-order valence-corrected chi connectivity index (χ4v) is 5.13. The minimum absolute atomic E-state index is 0. The average molecular weight is 396 g/mol. The zero-order valence-corrected chi connectivity index (χ0v) is 16.3. The van der Waals surface area contributed by atoms with Crippen molar-refractivity contribution in [1.82, 2.24) is 25.3 Å². The Morgan fingerprint density at radius 1 is 1.17 bits per heavy atom. The number of rotatable bonds is 1. The van der Waals surface area contributed by atoms with Crippen LogP contribution in [0.2, 0.25) is 0 Å². The van der Waals surface area contributed by atoms with E-state index in [4.69, 9.17) is 14.2 Å². The smallest absolute Gasteiger partial charge is 0.246 e. The molecule has 1 aliphatic heterocycles. The third kappa shape index (κ3) is 2.30. The first-order valence-electron chi connectivity index (χ1n) is 10.3. The Morgan fingerprint density at radius 2 is 2.07 bits per heavy atom. The minimum atomic E-state index is -0.501. The third-order valence-corrected chi connectivity index (χ3v) is 6.65. The van der Waals surface area contributed by atoms with E-state index in [2.05, 4.69) is 20.3 Å². The number of anilines is 1. The van der Waals surface area contributed by atoms with Gasteiger partial charge >= 0.3 is 0 Å². The normalized spacial score (nSPS) is 23.9. The molecule has 3 aromatic heterocycles. The number of carbonyl (C=O) groups is 1. The number of nitrogens with zero attached hydrogens (tertiary/aromatic N) is 5. The van der Waals surface area contributed by atoms with Gasteiger partial charge in [-0.3, -0.25) is 9.89 Å². The van der Waals surface area contributed by atoms with Crippen molar-refractivity contribution >= 4 is 22.6 Å². The van der Waals surface area contributed by atoms with Crippen LogP contribution < -0.4 is 9.64 Å². The van der Waals surface area contributed by atoms with Crippen LogP contribution in [0.4, 0.5) is 5.82 Å². The standard InChI is InChI=1S/C20H22N6O3.H2/c1-26-9-10-28-19-13-16(23-24-19)21-17(22-18(13)26)14-11-5-4-8-20(15(11)29-25-14)7-3-2-6-12(20)27;/h2-10H2,1H3,(H,21,22,23,24);1H/t20-;/m1./s1. The summed E-state index contributed by atoms with van der Waals surface area (Å²) in [6.45, 7) is 1.24. The van der Waals surface area contributed by atoms with Crippen LogP contribution in [-0.4, -0.2) is 51.3 Å². The maximum Gasteiger partial charge on any atom is 0.246 e. The molecular weight excluding hydrogens is 372 g/mol. The molecule has 2 aliphatic carbocycles. The van der Waals surface area contributed by atoms with E-state index in [0.29, 0.717) is 48.4 Å². The number of aromatic nitrogens is 5. The molecule has 6 rings (SSSR count). The van der Waals surface area contributed by atoms with Crippen LogP contribution in [0.5, 0.6) is 5.88 Å². The summed E-state index contributed by atoms with van der Waals surface area (Å²) in [5, 5.41) is 12.3. The number of nitrogens with one attached hydrogen (secondary N) is 1. The Hall–Kier alpha value is -2.97. The predicted octanol–water partition coefficient (Wildman–Crippen LogP) is 2.80. The molecule has 0 aromatic carbocycles. The van der Waals surface area contributed by atoms with E-state index >= 15 is 0 Å².